The minimum Gasteiger partial charge on any atom is -0.381 e. The van der Waals surface area contributed by atoms with Gasteiger partial charge in [-0.25, -0.2) is 13.1 Å². The molecule has 1 fully saturated rings. The van der Waals surface area contributed by atoms with Crippen LogP contribution in [0.25, 0.3) is 0 Å². The summed E-state index contributed by atoms with van der Waals surface area (Å²) in [6.45, 7) is 3.80. The number of benzene rings is 1. The van der Waals surface area contributed by atoms with E-state index in [1.165, 1.54) is 11.8 Å². The molecule has 1 aliphatic rings. The lowest BCUT2D eigenvalue weighted by molar-refractivity contribution is 0.0358. The Morgan fingerprint density at radius 2 is 1.86 bits per heavy atom. The molecule has 0 amide bonds. The molecule has 2 N–H and O–H groups in total. The van der Waals surface area contributed by atoms with Crippen molar-refractivity contribution in [2.24, 2.45) is 0 Å². The molecular formula is C15H24N2O3S. The van der Waals surface area contributed by atoms with E-state index >= 15 is 0 Å². The van der Waals surface area contributed by atoms with Gasteiger partial charge in [0, 0.05) is 31.3 Å². The quantitative estimate of drug-likeness (QED) is 0.834. The second-order valence-corrected chi connectivity index (χ2v) is 7.60. The highest BCUT2D eigenvalue weighted by molar-refractivity contribution is 7.88. The Hall–Kier alpha value is -0.950. The number of hydrogen-bond acceptors (Lipinski definition) is 4. The van der Waals surface area contributed by atoms with Gasteiger partial charge in [-0.2, -0.15) is 0 Å². The van der Waals surface area contributed by atoms with Crippen molar-refractivity contribution in [3.8, 4) is 0 Å². The molecule has 0 spiro atoms. The second kappa shape index (κ2) is 6.87. The summed E-state index contributed by atoms with van der Waals surface area (Å²) in [6.07, 6.45) is 2.79. The molecule has 1 aliphatic heterocycles. The van der Waals surface area contributed by atoms with Gasteiger partial charge in [-0.15, -0.1) is 0 Å². The van der Waals surface area contributed by atoms with Crippen molar-refractivity contribution in [3.05, 3.63) is 35.9 Å². The lowest BCUT2D eigenvalue weighted by atomic mass is 9.88. The first kappa shape index (κ1) is 16.4. The van der Waals surface area contributed by atoms with Crippen molar-refractivity contribution in [3.63, 3.8) is 0 Å². The monoisotopic (exact) mass is 312 g/mol. The van der Waals surface area contributed by atoms with E-state index in [4.69, 9.17) is 4.74 Å². The fourth-order valence-corrected chi connectivity index (χ4v) is 3.23. The van der Waals surface area contributed by atoms with E-state index in [9.17, 15) is 8.42 Å². The van der Waals surface area contributed by atoms with E-state index in [0.29, 0.717) is 19.8 Å². The number of hydrogen-bond donors (Lipinski definition) is 2. The summed E-state index contributed by atoms with van der Waals surface area (Å²) < 4.78 is 30.9. The first-order valence-electron chi connectivity index (χ1n) is 7.25. The molecule has 2 rings (SSSR count). The molecule has 1 aromatic carbocycles. The summed E-state index contributed by atoms with van der Waals surface area (Å²) in [4.78, 5) is 0. The SMILES string of the molecule is C[C@H](NC1(CNS(C)(=O)=O)CCOCC1)c1ccccc1. The molecule has 0 unspecified atom stereocenters. The van der Waals surface area contributed by atoms with Crippen LogP contribution in [0, 0.1) is 0 Å². The number of nitrogens with one attached hydrogen (secondary N) is 2. The third kappa shape index (κ3) is 5.07. The minimum absolute atomic E-state index is 0.158. The first-order valence-corrected chi connectivity index (χ1v) is 9.14. The molecule has 5 nitrogen and oxygen atoms in total. The fourth-order valence-electron chi connectivity index (χ4n) is 2.69. The fraction of sp³-hybridized carbons (Fsp3) is 0.600. The van der Waals surface area contributed by atoms with Crippen molar-refractivity contribution in [1.82, 2.24) is 10.0 Å². The standard InChI is InChI=1S/C15H24N2O3S/c1-13(14-6-4-3-5-7-14)17-15(8-10-20-11-9-15)12-16-21(2,18)19/h3-7,13,16-17H,8-12H2,1-2H3/t13-/m0/s1. The Morgan fingerprint density at radius 1 is 1.24 bits per heavy atom. The van der Waals surface area contributed by atoms with E-state index < -0.39 is 10.0 Å². The Kier molecular flexibility index (Phi) is 5.37. The van der Waals surface area contributed by atoms with Crippen LogP contribution in [0.3, 0.4) is 0 Å². The van der Waals surface area contributed by atoms with E-state index in [0.717, 1.165) is 12.8 Å². The molecule has 0 aliphatic carbocycles. The van der Waals surface area contributed by atoms with Crippen LogP contribution < -0.4 is 10.0 Å². The zero-order valence-corrected chi connectivity index (χ0v) is 13.4. The zero-order chi connectivity index (χ0) is 15.3. The summed E-state index contributed by atoms with van der Waals surface area (Å²) in [5.41, 5.74) is 0.944. The van der Waals surface area contributed by atoms with Gasteiger partial charge in [0.05, 0.1) is 6.26 Å². The summed E-state index contributed by atoms with van der Waals surface area (Å²) in [6, 6.07) is 10.3. The number of sulfonamides is 1. The van der Waals surface area contributed by atoms with E-state index in [1.54, 1.807) is 0 Å². The van der Waals surface area contributed by atoms with E-state index in [1.807, 2.05) is 18.2 Å². The maximum absolute atomic E-state index is 11.4. The highest BCUT2D eigenvalue weighted by atomic mass is 32.2. The molecule has 118 valence electrons. The normalized spacial score (nSPS) is 20.1. The van der Waals surface area contributed by atoms with Gasteiger partial charge in [0.2, 0.25) is 10.0 Å². The number of ether oxygens (including phenoxy) is 1. The summed E-state index contributed by atoms with van der Waals surface area (Å²) in [5, 5.41) is 3.61. The highest BCUT2D eigenvalue weighted by Crippen LogP contribution is 2.25. The summed E-state index contributed by atoms with van der Waals surface area (Å²) in [5.74, 6) is 0. The predicted molar refractivity (Wildman–Crippen MR) is 83.6 cm³/mol. The molecule has 0 bridgehead atoms. The Morgan fingerprint density at radius 3 is 2.43 bits per heavy atom. The predicted octanol–water partition coefficient (Wildman–Crippen LogP) is 1.44. The minimum atomic E-state index is -3.19. The lowest BCUT2D eigenvalue weighted by Gasteiger charge is -2.40. The van der Waals surface area contributed by atoms with Crippen LogP contribution in [0.5, 0.6) is 0 Å². The molecule has 1 saturated heterocycles. The van der Waals surface area contributed by atoms with Crippen molar-refractivity contribution in [1.29, 1.82) is 0 Å². The molecule has 0 aromatic heterocycles. The Bertz CT molecular complexity index is 539. The van der Waals surface area contributed by atoms with Crippen LogP contribution >= 0.6 is 0 Å². The van der Waals surface area contributed by atoms with Crippen LogP contribution in [-0.2, 0) is 14.8 Å². The van der Waals surface area contributed by atoms with Gasteiger partial charge >= 0.3 is 0 Å². The van der Waals surface area contributed by atoms with Gasteiger partial charge in [0.25, 0.3) is 0 Å². The van der Waals surface area contributed by atoms with Gasteiger partial charge in [0.15, 0.2) is 0 Å². The van der Waals surface area contributed by atoms with Gasteiger partial charge < -0.3 is 10.1 Å². The van der Waals surface area contributed by atoms with Gasteiger partial charge in [0.1, 0.15) is 0 Å². The van der Waals surface area contributed by atoms with Crippen molar-refractivity contribution >= 4 is 10.0 Å². The number of rotatable bonds is 6. The van der Waals surface area contributed by atoms with Crippen LogP contribution in [0.15, 0.2) is 30.3 Å². The maximum Gasteiger partial charge on any atom is 0.208 e. The average Bonchev–Trinajstić information content (AvgIpc) is 2.46. The molecule has 1 atom stereocenters. The van der Waals surface area contributed by atoms with Crippen molar-refractivity contribution in [2.45, 2.75) is 31.3 Å². The lowest BCUT2D eigenvalue weighted by Crippen LogP contribution is -2.56. The second-order valence-electron chi connectivity index (χ2n) is 5.76. The Balaban J connectivity index is 2.08. The Labute approximate surface area is 127 Å². The molecular weight excluding hydrogens is 288 g/mol. The molecule has 0 saturated carbocycles. The van der Waals surface area contributed by atoms with Crippen molar-refractivity contribution in [2.75, 3.05) is 26.0 Å². The maximum atomic E-state index is 11.4. The molecule has 1 aromatic rings. The average molecular weight is 312 g/mol. The van der Waals surface area contributed by atoms with Crippen LogP contribution in [0.2, 0.25) is 0 Å². The highest BCUT2D eigenvalue weighted by Gasteiger charge is 2.34. The third-order valence-corrected chi connectivity index (χ3v) is 4.61. The van der Waals surface area contributed by atoms with Crippen LogP contribution in [0.4, 0.5) is 0 Å². The first-order chi connectivity index (χ1) is 9.90. The van der Waals surface area contributed by atoms with Gasteiger partial charge in [-0.3, -0.25) is 0 Å². The van der Waals surface area contributed by atoms with Crippen LogP contribution in [-0.4, -0.2) is 40.0 Å². The largest absolute Gasteiger partial charge is 0.381 e. The van der Waals surface area contributed by atoms with Crippen molar-refractivity contribution < 1.29 is 13.2 Å². The van der Waals surface area contributed by atoms with E-state index in [2.05, 4.69) is 29.1 Å². The molecule has 6 heteroatoms. The van der Waals surface area contributed by atoms with Gasteiger partial charge in [-0.1, -0.05) is 30.3 Å². The smallest absolute Gasteiger partial charge is 0.208 e. The van der Waals surface area contributed by atoms with Crippen LogP contribution in [0.1, 0.15) is 31.4 Å². The van der Waals surface area contributed by atoms with Gasteiger partial charge in [-0.05, 0) is 25.3 Å². The molecule has 1 heterocycles. The topological polar surface area (TPSA) is 67.4 Å². The zero-order valence-electron chi connectivity index (χ0n) is 12.6. The third-order valence-electron chi connectivity index (χ3n) is 3.94. The summed E-state index contributed by atoms with van der Waals surface area (Å²) in [7, 11) is -3.19. The molecule has 0 radical (unpaired) electrons. The molecule has 21 heavy (non-hydrogen) atoms. The van der Waals surface area contributed by atoms with E-state index in [-0.39, 0.29) is 11.6 Å². The summed E-state index contributed by atoms with van der Waals surface area (Å²) >= 11 is 0.